The molecule has 6 aromatic carbocycles. The van der Waals surface area contributed by atoms with Crippen LogP contribution in [0.25, 0.3) is 10.9 Å². The van der Waals surface area contributed by atoms with E-state index in [1.807, 2.05) is 30.5 Å². The molecule has 0 saturated carbocycles. The van der Waals surface area contributed by atoms with E-state index in [1.54, 1.807) is 12.1 Å². The first kappa shape index (κ1) is 57.3. The van der Waals surface area contributed by atoms with Gasteiger partial charge in [-0.25, -0.2) is 4.39 Å². The number of halogens is 25. The maximum atomic E-state index is 14.2. The minimum Gasteiger partial charge on any atom is -0.207 e. The number of hydrogen-bond donors (Lipinski definition) is 0. The summed E-state index contributed by atoms with van der Waals surface area (Å²) < 4.78 is 356. The summed E-state index contributed by atoms with van der Waals surface area (Å²) in [6, 6.07) is 10.2. The van der Waals surface area contributed by atoms with Crippen molar-refractivity contribution in [3.8, 4) is 0 Å². The van der Waals surface area contributed by atoms with Gasteiger partial charge in [0.15, 0.2) is 12.7 Å². The molecule has 75 heavy (non-hydrogen) atoms. The largest absolute Gasteiger partial charge is 0.416 e. The summed E-state index contributed by atoms with van der Waals surface area (Å²) in [4.78, 5) is 0. The number of rotatable bonds is 6. The summed E-state index contributed by atoms with van der Waals surface area (Å²) in [6.07, 6.45) is -52.8. The zero-order valence-electron chi connectivity index (χ0n) is 36.5. The second-order valence-corrected chi connectivity index (χ2v) is 16.5. The Morgan fingerprint density at radius 3 is 0.867 bits per heavy atom. The molecule has 0 saturated heterocycles. The fourth-order valence-corrected chi connectivity index (χ4v) is 8.26. The third-order valence-electron chi connectivity index (χ3n) is 11.5. The van der Waals surface area contributed by atoms with E-state index in [4.69, 9.17) is 0 Å². The van der Waals surface area contributed by atoms with Gasteiger partial charge in [-0.2, -0.15) is 132 Å². The van der Waals surface area contributed by atoms with Crippen LogP contribution >= 0.6 is 0 Å². The lowest BCUT2D eigenvalue weighted by molar-refractivity contribution is -0.662. The third kappa shape index (κ3) is 12.9. The van der Waals surface area contributed by atoms with Crippen LogP contribution in [-0.2, 0) is 56.0 Å². The molecule has 0 amide bonds. The Morgan fingerprint density at radius 2 is 0.587 bits per heavy atom. The Balaban J connectivity index is 0.000000421. The van der Waals surface area contributed by atoms with Gasteiger partial charge in [0.2, 0.25) is 5.52 Å². The first-order valence-electron chi connectivity index (χ1n) is 20.6. The van der Waals surface area contributed by atoms with Gasteiger partial charge in [-0.1, -0.05) is 72.8 Å². The molecule has 7 aromatic rings. The van der Waals surface area contributed by atoms with Crippen molar-refractivity contribution in [2.24, 2.45) is 0 Å². The van der Waals surface area contributed by atoms with Crippen molar-refractivity contribution in [1.29, 1.82) is 0 Å². The average molecular weight is 1100 g/mol. The maximum absolute atomic E-state index is 14.2. The second kappa shape index (κ2) is 19.6. The SMILES string of the molecule is FC(F)(F)c1cc([B-](c2cc(C(F)(F)F)cc(C(F)(F)F)c2)(c2cc(C(F)(F)F)cc(C(F)(F)F)c2)c2cc(C(F)(F)F)cc(C(F)(F)F)c2)cc(C(F)(F)F)c1.Fc1cccc(C[n+]2cccc3ccccc32)c1. The van der Waals surface area contributed by atoms with Crippen molar-refractivity contribution in [3.05, 3.63) is 196 Å². The molecule has 0 N–H and O–H groups in total. The number of aromatic nitrogens is 1. The Bertz CT molecular complexity index is 2760. The molecule has 0 atom stereocenters. The number of benzene rings is 6. The zero-order chi connectivity index (χ0) is 56.3. The first-order chi connectivity index (χ1) is 34.1. The van der Waals surface area contributed by atoms with Gasteiger partial charge in [0.05, 0.1) is 44.5 Å². The van der Waals surface area contributed by atoms with Gasteiger partial charge in [0, 0.05) is 23.1 Å². The van der Waals surface area contributed by atoms with Crippen LogP contribution in [0.4, 0.5) is 110 Å². The number of pyridine rings is 1. The smallest absolute Gasteiger partial charge is 0.207 e. The van der Waals surface area contributed by atoms with Crippen LogP contribution in [0.1, 0.15) is 50.1 Å². The highest BCUT2D eigenvalue weighted by atomic mass is 19.4. The van der Waals surface area contributed by atoms with E-state index < -0.39 is 195 Å². The van der Waals surface area contributed by atoms with E-state index in [0.717, 1.165) is 11.1 Å². The Hall–Kier alpha value is -6.96. The van der Waals surface area contributed by atoms with Crippen molar-refractivity contribution in [2.45, 2.75) is 56.0 Å². The fraction of sp³-hybridized carbons (Fsp3) is 0.188. The predicted molar refractivity (Wildman–Crippen MR) is 220 cm³/mol. The van der Waals surface area contributed by atoms with Crippen molar-refractivity contribution in [1.82, 2.24) is 0 Å². The molecule has 1 heterocycles. The van der Waals surface area contributed by atoms with Gasteiger partial charge in [-0.3, -0.25) is 0 Å². The zero-order valence-corrected chi connectivity index (χ0v) is 36.5. The number of hydrogen-bond acceptors (Lipinski definition) is 0. The fourth-order valence-electron chi connectivity index (χ4n) is 8.26. The van der Waals surface area contributed by atoms with Crippen LogP contribution in [0.3, 0.4) is 0 Å². The molecule has 0 fully saturated rings. The maximum Gasteiger partial charge on any atom is 0.416 e. The van der Waals surface area contributed by atoms with E-state index in [2.05, 4.69) is 22.8 Å². The van der Waals surface area contributed by atoms with E-state index in [-0.39, 0.29) is 5.82 Å². The van der Waals surface area contributed by atoms with Crippen LogP contribution < -0.4 is 26.4 Å². The van der Waals surface area contributed by atoms with Gasteiger partial charge in [0.25, 0.3) is 0 Å². The molecule has 27 heteroatoms. The van der Waals surface area contributed by atoms with E-state index in [1.165, 1.54) is 11.5 Å². The highest BCUT2D eigenvalue weighted by Gasteiger charge is 2.47. The molecule has 1 nitrogen and oxygen atoms in total. The molecule has 1 aromatic heterocycles. The number of para-hydroxylation sites is 1. The molecule has 7 rings (SSSR count). The molecule has 0 spiro atoms. The number of fused-ring (bicyclic) bond motifs is 1. The molecule has 0 aliphatic carbocycles. The highest BCUT2D eigenvalue weighted by molar-refractivity contribution is 7.20. The van der Waals surface area contributed by atoms with Crippen LogP contribution in [0.5, 0.6) is 0 Å². The lowest BCUT2D eigenvalue weighted by Gasteiger charge is -2.46. The van der Waals surface area contributed by atoms with E-state index in [0.29, 0.717) is 6.54 Å². The van der Waals surface area contributed by atoms with Crippen molar-refractivity contribution < 1.29 is 114 Å². The third-order valence-corrected chi connectivity index (χ3v) is 11.5. The summed E-state index contributed by atoms with van der Waals surface area (Å²) in [6.45, 7) is 0.680. The van der Waals surface area contributed by atoms with Gasteiger partial charge < -0.3 is 0 Å². The number of alkyl halides is 24. The minimum atomic E-state index is -6.13. The molecular weight excluding hydrogens is 1080 g/mol. The van der Waals surface area contributed by atoms with Crippen LogP contribution in [-0.4, -0.2) is 6.15 Å². The van der Waals surface area contributed by atoms with Gasteiger partial charge in [0.1, 0.15) is 12.0 Å². The molecule has 0 aliphatic heterocycles. The molecular formula is C48H25BF25N. The quantitative estimate of drug-likeness (QED) is 0.0888. The monoisotopic (exact) mass is 1100 g/mol. The number of nitrogens with zero attached hydrogens (tertiary/aromatic N) is 1. The van der Waals surface area contributed by atoms with Crippen LogP contribution in [0.15, 0.2) is 140 Å². The molecule has 0 unspecified atom stereocenters. The molecule has 0 radical (unpaired) electrons. The van der Waals surface area contributed by atoms with Crippen molar-refractivity contribution in [2.75, 3.05) is 0 Å². The summed E-state index contributed by atoms with van der Waals surface area (Å²) in [5, 5.41) is 1.19. The summed E-state index contributed by atoms with van der Waals surface area (Å²) in [5.41, 5.74) is -28.1. The lowest BCUT2D eigenvalue weighted by atomic mass is 9.12. The van der Waals surface area contributed by atoms with Gasteiger partial charge in [-0.05, 0) is 48.5 Å². The molecule has 400 valence electrons. The van der Waals surface area contributed by atoms with Crippen molar-refractivity contribution >= 4 is 38.9 Å². The van der Waals surface area contributed by atoms with E-state index >= 15 is 0 Å². The van der Waals surface area contributed by atoms with Gasteiger partial charge >= 0.3 is 49.4 Å². The standard InChI is InChI=1S/C32H12BF24.C16H13FN/c34-25(35,36)13-1-14(26(37,38)39)6-21(5-13)33(22-7-15(27(40,41)42)2-16(8-22)28(43,44)45,23-9-17(29(46,47)48)3-18(10-23)30(49,50)51)24-11-19(31(52,53)54)4-20(12-24)32(55,56)57;17-15-8-3-5-13(11-15)12-18-10-4-7-14-6-1-2-9-16(14)18/h1-12H;1-11H,12H2/q-1;+1. The summed E-state index contributed by atoms with van der Waals surface area (Å²) in [5.74, 6) is -0.187. The average Bonchev–Trinajstić information content (AvgIpc) is 3.27. The van der Waals surface area contributed by atoms with Crippen molar-refractivity contribution in [3.63, 3.8) is 0 Å². The van der Waals surface area contributed by atoms with Crippen LogP contribution in [0.2, 0.25) is 0 Å². The molecule has 0 aliphatic rings. The predicted octanol–water partition coefficient (Wildman–Crippen LogP) is 14.5. The Labute approximate surface area is 404 Å². The summed E-state index contributed by atoms with van der Waals surface area (Å²) in [7, 11) is 0. The minimum absolute atomic E-state index is 0.187. The summed E-state index contributed by atoms with van der Waals surface area (Å²) >= 11 is 0. The normalized spacial score (nSPS) is 13.5. The van der Waals surface area contributed by atoms with Gasteiger partial charge in [-0.15, -0.1) is 0 Å². The van der Waals surface area contributed by atoms with Crippen LogP contribution in [0, 0.1) is 5.82 Å². The Kier molecular flexibility index (Phi) is 15.0. The highest BCUT2D eigenvalue weighted by Crippen LogP contribution is 2.41. The van der Waals surface area contributed by atoms with E-state index in [9.17, 15) is 110 Å². The second-order valence-electron chi connectivity index (χ2n) is 16.5. The first-order valence-corrected chi connectivity index (χ1v) is 20.6. The topological polar surface area (TPSA) is 3.88 Å². The molecule has 0 bridgehead atoms. The lowest BCUT2D eigenvalue weighted by Crippen LogP contribution is -2.75. The Morgan fingerprint density at radius 1 is 0.307 bits per heavy atom.